The first kappa shape index (κ1) is 8.49. The van der Waals surface area contributed by atoms with Crippen LogP contribution in [-0.2, 0) is 0 Å². The summed E-state index contributed by atoms with van der Waals surface area (Å²) in [6, 6.07) is 0. The quantitative estimate of drug-likeness (QED) is 0.677. The summed E-state index contributed by atoms with van der Waals surface area (Å²) >= 11 is 0. The zero-order valence-electron chi connectivity index (χ0n) is 7.38. The molecule has 12 heavy (non-hydrogen) atoms. The zero-order chi connectivity index (χ0) is 8.55. The van der Waals surface area contributed by atoms with Crippen LogP contribution in [0.15, 0.2) is 0 Å². The van der Waals surface area contributed by atoms with Crippen molar-refractivity contribution >= 4 is 0 Å². The molecule has 1 nitrogen and oxygen atoms in total. The minimum atomic E-state index is -0.727. The minimum absolute atomic E-state index is 0.0359. The second-order valence-electron chi connectivity index (χ2n) is 4.29. The van der Waals surface area contributed by atoms with Crippen molar-refractivity contribution < 1.29 is 9.50 Å². The van der Waals surface area contributed by atoms with Crippen LogP contribution in [0.2, 0.25) is 0 Å². The lowest BCUT2D eigenvalue weighted by atomic mass is 9.82. The number of aliphatic hydroxyl groups excluding tert-OH is 1. The molecule has 2 rings (SSSR count). The molecule has 0 aromatic rings. The molecule has 1 N–H and O–H groups in total. The highest BCUT2D eigenvalue weighted by molar-refractivity contribution is 4.90. The lowest BCUT2D eigenvalue weighted by Gasteiger charge is -2.29. The first-order valence-corrected chi connectivity index (χ1v) is 5.11. The van der Waals surface area contributed by atoms with Crippen molar-refractivity contribution in [2.45, 2.75) is 50.8 Å². The van der Waals surface area contributed by atoms with E-state index < -0.39 is 6.17 Å². The van der Waals surface area contributed by atoms with Gasteiger partial charge in [-0.15, -0.1) is 0 Å². The third kappa shape index (κ3) is 1.63. The molecular formula is C10H17FO. The molecule has 0 heterocycles. The van der Waals surface area contributed by atoms with Gasteiger partial charge >= 0.3 is 0 Å². The van der Waals surface area contributed by atoms with E-state index in [2.05, 4.69) is 0 Å². The van der Waals surface area contributed by atoms with Gasteiger partial charge in [0.05, 0.1) is 6.10 Å². The Morgan fingerprint density at radius 2 is 1.75 bits per heavy atom. The standard InChI is InChI=1S/C10H17FO/c11-9-4-2-1-3-8(9)10(12)7-5-6-7/h7-10,12H,1-6H2. The molecule has 0 saturated heterocycles. The number of rotatable bonds is 2. The Balaban J connectivity index is 1.90. The van der Waals surface area contributed by atoms with E-state index in [1.807, 2.05) is 0 Å². The van der Waals surface area contributed by atoms with Crippen molar-refractivity contribution in [1.29, 1.82) is 0 Å². The van der Waals surface area contributed by atoms with E-state index >= 15 is 0 Å². The van der Waals surface area contributed by atoms with Crippen LogP contribution in [0.5, 0.6) is 0 Å². The van der Waals surface area contributed by atoms with Gasteiger partial charge in [-0.1, -0.05) is 12.8 Å². The fourth-order valence-corrected chi connectivity index (χ4v) is 2.29. The van der Waals surface area contributed by atoms with E-state index in [1.54, 1.807) is 0 Å². The molecule has 0 radical (unpaired) electrons. The van der Waals surface area contributed by atoms with E-state index in [0.717, 1.165) is 32.1 Å². The van der Waals surface area contributed by atoms with Gasteiger partial charge in [0.15, 0.2) is 0 Å². The molecule has 3 atom stereocenters. The molecule has 0 spiro atoms. The van der Waals surface area contributed by atoms with Crippen LogP contribution in [0.4, 0.5) is 4.39 Å². The van der Waals surface area contributed by atoms with Gasteiger partial charge in [-0.05, 0) is 31.6 Å². The van der Waals surface area contributed by atoms with Crippen molar-refractivity contribution in [2.75, 3.05) is 0 Å². The van der Waals surface area contributed by atoms with Gasteiger partial charge in [0.2, 0.25) is 0 Å². The summed E-state index contributed by atoms with van der Waals surface area (Å²) in [5.41, 5.74) is 0. The maximum Gasteiger partial charge on any atom is 0.105 e. The topological polar surface area (TPSA) is 20.2 Å². The predicted molar refractivity (Wildman–Crippen MR) is 45.6 cm³/mol. The molecule has 3 unspecified atom stereocenters. The summed E-state index contributed by atoms with van der Waals surface area (Å²) in [5, 5.41) is 9.74. The number of hydrogen-bond donors (Lipinski definition) is 1. The molecular weight excluding hydrogens is 155 g/mol. The number of hydrogen-bond acceptors (Lipinski definition) is 1. The molecule has 2 fully saturated rings. The van der Waals surface area contributed by atoms with Gasteiger partial charge < -0.3 is 5.11 Å². The summed E-state index contributed by atoms with van der Waals surface area (Å²) in [4.78, 5) is 0. The summed E-state index contributed by atoms with van der Waals surface area (Å²) in [7, 11) is 0. The highest BCUT2D eigenvalue weighted by Crippen LogP contribution is 2.41. The van der Waals surface area contributed by atoms with Gasteiger partial charge in [-0.25, -0.2) is 4.39 Å². The average molecular weight is 172 g/mol. The first-order chi connectivity index (χ1) is 5.79. The Kier molecular flexibility index (Phi) is 2.35. The Hall–Kier alpha value is -0.110. The monoisotopic (exact) mass is 172 g/mol. The van der Waals surface area contributed by atoms with Crippen LogP contribution in [0.1, 0.15) is 38.5 Å². The molecule has 2 heteroatoms. The van der Waals surface area contributed by atoms with Crippen molar-refractivity contribution in [1.82, 2.24) is 0 Å². The van der Waals surface area contributed by atoms with Crippen molar-refractivity contribution in [3.8, 4) is 0 Å². The molecule has 0 aromatic heterocycles. The molecule has 2 aliphatic rings. The average Bonchev–Trinajstić information content (AvgIpc) is 2.86. The highest BCUT2D eigenvalue weighted by Gasteiger charge is 2.39. The van der Waals surface area contributed by atoms with Gasteiger partial charge in [0.1, 0.15) is 6.17 Å². The van der Waals surface area contributed by atoms with Crippen molar-refractivity contribution in [2.24, 2.45) is 11.8 Å². The van der Waals surface area contributed by atoms with Crippen LogP contribution < -0.4 is 0 Å². The minimum Gasteiger partial charge on any atom is -0.392 e. The maximum absolute atomic E-state index is 13.3. The molecule has 0 aromatic carbocycles. The highest BCUT2D eigenvalue weighted by atomic mass is 19.1. The largest absolute Gasteiger partial charge is 0.392 e. The zero-order valence-corrected chi connectivity index (χ0v) is 7.38. The van der Waals surface area contributed by atoms with Crippen LogP contribution in [-0.4, -0.2) is 17.4 Å². The summed E-state index contributed by atoms with van der Waals surface area (Å²) in [6.45, 7) is 0. The van der Waals surface area contributed by atoms with Crippen LogP contribution in [0.25, 0.3) is 0 Å². The number of alkyl halides is 1. The SMILES string of the molecule is OC(C1CC1)C1CCCCC1F. The first-order valence-electron chi connectivity index (χ1n) is 5.11. The normalized spacial score (nSPS) is 39.5. The second kappa shape index (κ2) is 3.33. The van der Waals surface area contributed by atoms with Crippen molar-refractivity contribution in [3.63, 3.8) is 0 Å². The van der Waals surface area contributed by atoms with Crippen LogP contribution >= 0.6 is 0 Å². The fraction of sp³-hybridized carbons (Fsp3) is 1.00. The molecule has 70 valence electrons. The molecule has 0 bridgehead atoms. The Morgan fingerprint density at radius 1 is 1.08 bits per heavy atom. The lowest BCUT2D eigenvalue weighted by Crippen LogP contribution is -2.33. The number of aliphatic hydroxyl groups is 1. The van der Waals surface area contributed by atoms with Crippen molar-refractivity contribution in [3.05, 3.63) is 0 Å². The van der Waals surface area contributed by atoms with Crippen LogP contribution in [0.3, 0.4) is 0 Å². The van der Waals surface area contributed by atoms with Gasteiger partial charge in [-0.3, -0.25) is 0 Å². The van der Waals surface area contributed by atoms with Gasteiger partial charge in [0, 0.05) is 5.92 Å². The molecule has 2 aliphatic carbocycles. The van der Waals surface area contributed by atoms with Gasteiger partial charge in [0.25, 0.3) is 0 Å². The van der Waals surface area contributed by atoms with E-state index in [0.29, 0.717) is 12.3 Å². The van der Waals surface area contributed by atoms with E-state index in [9.17, 15) is 9.50 Å². The maximum atomic E-state index is 13.3. The second-order valence-corrected chi connectivity index (χ2v) is 4.29. The summed E-state index contributed by atoms with van der Waals surface area (Å²) < 4.78 is 13.3. The molecule has 0 aliphatic heterocycles. The summed E-state index contributed by atoms with van der Waals surface area (Å²) in [6.07, 6.45) is 4.86. The Labute approximate surface area is 73.0 Å². The Morgan fingerprint density at radius 3 is 2.33 bits per heavy atom. The van der Waals surface area contributed by atoms with Crippen LogP contribution in [0, 0.1) is 11.8 Å². The third-order valence-electron chi connectivity index (χ3n) is 3.28. The number of halogens is 1. The fourth-order valence-electron chi connectivity index (χ4n) is 2.29. The summed E-state index contributed by atoms with van der Waals surface area (Å²) in [5.74, 6) is 0.401. The third-order valence-corrected chi connectivity index (χ3v) is 3.28. The van der Waals surface area contributed by atoms with Gasteiger partial charge in [-0.2, -0.15) is 0 Å². The molecule has 0 amide bonds. The van der Waals surface area contributed by atoms with E-state index in [1.165, 1.54) is 0 Å². The van der Waals surface area contributed by atoms with E-state index in [4.69, 9.17) is 0 Å². The predicted octanol–water partition coefficient (Wildman–Crippen LogP) is 2.29. The Bertz CT molecular complexity index is 156. The smallest absolute Gasteiger partial charge is 0.105 e. The molecule has 2 saturated carbocycles. The van der Waals surface area contributed by atoms with E-state index in [-0.39, 0.29) is 12.0 Å². The lowest BCUT2D eigenvalue weighted by molar-refractivity contribution is 0.0167.